The van der Waals surface area contributed by atoms with E-state index >= 15 is 0 Å². The number of imidazole rings is 1. The average Bonchev–Trinajstić information content (AvgIpc) is 3.42. The number of hydrogen-bond donors (Lipinski definition) is 1. The Bertz CT molecular complexity index is 1530. The van der Waals surface area contributed by atoms with E-state index in [9.17, 15) is 18.0 Å². The largest absolute Gasteiger partial charge is 0.418 e. The molecular weight excluding hydrogens is 525 g/mol. The smallest absolute Gasteiger partial charge is 0.394 e. The molecule has 0 aliphatic carbocycles. The maximum absolute atomic E-state index is 14.2. The lowest BCUT2D eigenvalue weighted by Crippen LogP contribution is -2.26. The lowest BCUT2D eigenvalue weighted by molar-refractivity contribution is -0.136. The van der Waals surface area contributed by atoms with E-state index in [2.05, 4.69) is 15.1 Å². The number of rotatable bonds is 8. The van der Waals surface area contributed by atoms with Crippen LogP contribution in [0.3, 0.4) is 0 Å². The number of ether oxygens (including phenoxy) is 1. The summed E-state index contributed by atoms with van der Waals surface area (Å²) in [6.07, 6.45) is 2.16. The number of aliphatic hydroxyl groups excluding tert-OH is 1. The van der Waals surface area contributed by atoms with Crippen molar-refractivity contribution in [2.45, 2.75) is 50.9 Å². The lowest BCUT2D eigenvalue weighted by Gasteiger charge is -2.21. The Morgan fingerprint density at radius 2 is 2.00 bits per heavy atom. The molecule has 12 heteroatoms. The Hall–Kier alpha value is -3.48. The fourth-order valence-electron chi connectivity index (χ4n) is 5.45. The van der Waals surface area contributed by atoms with Crippen LogP contribution >= 0.6 is 0 Å². The number of aliphatic hydroxyl groups is 1. The van der Waals surface area contributed by atoms with Gasteiger partial charge in [0.05, 0.1) is 36.1 Å². The number of halogens is 3. The van der Waals surface area contributed by atoms with Crippen molar-refractivity contribution >= 4 is 5.52 Å². The van der Waals surface area contributed by atoms with Gasteiger partial charge in [0, 0.05) is 38.4 Å². The minimum Gasteiger partial charge on any atom is -0.394 e. The van der Waals surface area contributed by atoms with Gasteiger partial charge >= 0.3 is 11.9 Å². The monoisotopic (exact) mass is 558 g/mol. The first-order valence-electron chi connectivity index (χ1n) is 13.4. The van der Waals surface area contributed by atoms with E-state index in [1.165, 1.54) is 17.0 Å². The van der Waals surface area contributed by atoms with Crippen LogP contribution in [-0.2, 0) is 24.5 Å². The van der Waals surface area contributed by atoms with Gasteiger partial charge in [-0.05, 0) is 55.1 Å². The number of likely N-dealkylation sites (tertiary alicyclic amines) is 1. The quantitative estimate of drug-likeness (QED) is 0.354. The summed E-state index contributed by atoms with van der Waals surface area (Å²) < 4.78 is 52.5. The number of hydrogen-bond acceptors (Lipinski definition) is 6. The molecule has 0 spiro atoms. The number of alkyl halides is 3. The molecule has 1 aliphatic heterocycles. The molecule has 1 aliphatic rings. The average molecular weight is 559 g/mol. The molecule has 1 fully saturated rings. The molecule has 0 bridgehead atoms. The summed E-state index contributed by atoms with van der Waals surface area (Å²) in [5.41, 5.74) is 0.134. The number of pyridine rings is 1. The van der Waals surface area contributed by atoms with Gasteiger partial charge < -0.3 is 14.4 Å². The van der Waals surface area contributed by atoms with Crippen LogP contribution in [0.2, 0.25) is 0 Å². The summed E-state index contributed by atoms with van der Waals surface area (Å²) in [5.74, 6) is 0.593. The van der Waals surface area contributed by atoms with Gasteiger partial charge in [0.25, 0.3) is 0 Å². The zero-order valence-corrected chi connectivity index (χ0v) is 22.5. The molecule has 0 unspecified atom stereocenters. The summed E-state index contributed by atoms with van der Waals surface area (Å²) in [5, 5.41) is 17.1. The summed E-state index contributed by atoms with van der Waals surface area (Å²) in [7, 11) is 1.84. The highest BCUT2D eigenvalue weighted by Crippen LogP contribution is 2.34. The van der Waals surface area contributed by atoms with Crippen molar-refractivity contribution in [1.82, 2.24) is 28.6 Å². The summed E-state index contributed by atoms with van der Waals surface area (Å²) in [4.78, 5) is 15.6. The normalized spacial score (nSPS) is 17.8. The molecule has 1 N–H and O–H groups in total. The molecule has 2 atom stereocenters. The molecular formula is C28H33F3N6O3. The van der Waals surface area contributed by atoms with E-state index in [0.29, 0.717) is 24.3 Å². The molecule has 1 aromatic carbocycles. The second-order valence-corrected chi connectivity index (χ2v) is 10.3. The Morgan fingerprint density at radius 3 is 2.73 bits per heavy atom. The van der Waals surface area contributed by atoms with Crippen LogP contribution in [-0.4, -0.2) is 66.1 Å². The van der Waals surface area contributed by atoms with Crippen molar-refractivity contribution < 1.29 is 23.0 Å². The van der Waals surface area contributed by atoms with Crippen LogP contribution in [0.1, 0.15) is 54.6 Å². The molecule has 3 aromatic heterocycles. The maximum atomic E-state index is 14.2. The number of fused-ring (bicyclic) bond motifs is 1. The zero-order chi connectivity index (χ0) is 28.4. The van der Waals surface area contributed by atoms with E-state index in [0.717, 1.165) is 41.1 Å². The predicted octanol–water partition coefficient (Wildman–Crippen LogP) is 3.75. The Balaban J connectivity index is 1.48. The lowest BCUT2D eigenvalue weighted by atomic mass is 10.00. The molecule has 0 radical (unpaired) electrons. The molecule has 0 amide bonds. The van der Waals surface area contributed by atoms with Crippen molar-refractivity contribution in [3.05, 3.63) is 82.1 Å². The predicted molar refractivity (Wildman–Crippen MR) is 142 cm³/mol. The summed E-state index contributed by atoms with van der Waals surface area (Å²) in [6.45, 7) is 3.85. The van der Waals surface area contributed by atoms with Crippen molar-refractivity contribution in [2.24, 2.45) is 7.05 Å². The van der Waals surface area contributed by atoms with Gasteiger partial charge in [-0.25, -0.2) is 4.79 Å². The first-order valence-corrected chi connectivity index (χ1v) is 13.4. The molecule has 214 valence electrons. The highest BCUT2D eigenvalue weighted by Gasteiger charge is 2.35. The number of aromatic nitrogens is 5. The number of benzene rings is 1. The van der Waals surface area contributed by atoms with E-state index in [4.69, 9.17) is 9.84 Å². The van der Waals surface area contributed by atoms with Crippen LogP contribution < -0.4 is 5.69 Å². The minimum atomic E-state index is -4.64. The Morgan fingerprint density at radius 1 is 1.18 bits per heavy atom. The Kier molecular flexibility index (Phi) is 8.11. The molecule has 4 heterocycles. The van der Waals surface area contributed by atoms with Crippen molar-refractivity contribution in [3.8, 4) is 5.69 Å². The van der Waals surface area contributed by atoms with Gasteiger partial charge in [-0.3, -0.25) is 13.9 Å². The van der Waals surface area contributed by atoms with Crippen LogP contribution in [0.25, 0.3) is 11.2 Å². The first-order chi connectivity index (χ1) is 19.2. The SMILES string of the molecule is C[C@H](c1cccc(-n2cc3c(C(F)(F)F)cc(CN4CCC[C@H](OCCO)CC4)cn3c2=O)c1)c1nncn1C. The van der Waals surface area contributed by atoms with Crippen LogP contribution in [0.4, 0.5) is 13.2 Å². The van der Waals surface area contributed by atoms with Gasteiger partial charge in [0.1, 0.15) is 12.2 Å². The van der Waals surface area contributed by atoms with Gasteiger partial charge in [0.2, 0.25) is 0 Å². The van der Waals surface area contributed by atoms with Gasteiger partial charge in [-0.15, -0.1) is 10.2 Å². The maximum Gasteiger partial charge on any atom is 0.418 e. The zero-order valence-electron chi connectivity index (χ0n) is 22.5. The fraction of sp³-hybridized carbons (Fsp3) is 0.464. The van der Waals surface area contributed by atoms with Crippen LogP contribution in [0, 0.1) is 0 Å². The second-order valence-electron chi connectivity index (χ2n) is 10.3. The first kappa shape index (κ1) is 28.1. The summed E-state index contributed by atoms with van der Waals surface area (Å²) in [6, 6.07) is 8.31. The topological polar surface area (TPSA) is 89.8 Å². The number of nitrogens with zero attached hydrogens (tertiary/aromatic N) is 6. The van der Waals surface area contributed by atoms with Gasteiger partial charge in [-0.1, -0.05) is 19.1 Å². The minimum absolute atomic E-state index is 0.0224. The van der Waals surface area contributed by atoms with Crippen molar-refractivity contribution in [1.29, 1.82) is 0 Å². The summed E-state index contributed by atoms with van der Waals surface area (Å²) >= 11 is 0. The van der Waals surface area contributed by atoms with E-state index in [-0.39, 0.29) is 37.3 Å². The molecule has 5 rings (SSSR count). The third-order valence-corrected chi connectivity index (χ3v) is 7.53. The second kappa shape index (κ2) is 11.6. The van der Waals surface area contributed by atoms with Crippen molar-refractivity contribution in [3.63, 3.8) is 0 Å². The van der Waals surface area contributed by atoms with E-state index in [1.54, 1.807) is 29.1 Å². The third kappa shape index (κ3) is 5.84. The molecule has 1 saturated heterocycles. The highest BCUT2D eigenvalue weighted by molar-refractivity contribution is 5.58. The fourth-order valence-corrected chi connectivity index (χ4v) is 5.45. The molecule has 9 nitrogen and oxygen atoms in total. The van der Waals surface area contributed by atoms with Gasteiger partial charge in [0.15, 0.2) is 0 Å². The van der Waals surface area contributed by atoms with Gasteiger partial charge in [-0.2, -0.15) is 13.2 Å². The van der Waals surface area contributed by atoms with E-state index in [1.807, 2.05) is 20.0 Å². The van der Waals surface area contributed by atoms with Crippen LogP contribution in [0.15, 0.2) is 53.8 Å². The third-order valence-electron chi connectivity index (χ3n) is 7.53. The van der Waals surface area contributed by atoms with Crippen LogP contribution in [0.5, 0.6) is 0 Å². The molecule has 4 aromatic rings. The van der Waals surface area contributed by atoms with Crippen molar-refractivity contribution in [2.75, 3.05) is 26.3 Å². The number of aryl methyl sites for hydroxylation is 1. The molecule has 40 heavy (non-hydrogen) atoms. The molecule has 0 saturated carbocycles. The highest BCUT2D eigenvalue weighted by atomic mass is 19.4. The standard InChI is InChI=1S/C28H33F3N6O3/c1-19(26-33-32-18-34(26)2)21-5-3-6-22(14-21)36-17-25-24(28(29,30)31)13-20(16-37(25)27(36)39)15-35-9-4-7-23(8-10-35)40-12-11-38/h3,5-6,13-14,16-19,23,38H,4,7-12,15H2,1-2H3/t19-,23+/m1/s1. The van der Waals surface area contributed by atoms with E-state index < -0.39 is 17.4 Å². The Labute approximate surface area is 229 Å².